The molecule has 0 unspecified atom stereocenters. The molecular weight excluding hydrogens is 664 g/mol. The molecule has 2 aromatic heterocycles. The van der Waals surface area contributed by atoms with Crippen LogP contribution in [0.1, 0.15) is 38.8 Å². The fourth-order valence-corrected chi connectivity index (χ4v) is 7.55. The first-order valence-corrected chi connectivity index (χ1v) is 17.6. The highest BCUT2D eigenvalue weighted by molar-refractivity contribution is 9.10. The summed E-state index contributed by atoms with van der Waals surface area (Å²) < 4.78 is 3.45. The van der Waals surface area contributed by atoms with Crippen molar-refractivity contribution in [2.75, 3.05) is 0 Å². The normalized spacial score (nSPS) is 12.8. The van der Waals surface area contributed by atoms with E-state index >= 15 is 0 Å². The van der Waals surface area contributed by atoms with Crippen LogP contribution in [-0.4, -0.2) is 19.5 Å². The van der Waals surface area contributed by atoms with Crippen LogP contribution >= 0.6 is 15.9 Å². The molecule has 5 heteroatoms. The molecule has 0 atom stereocenters. The van der Waals surface area contributed by atoms with Crippen LogP contribution in [0.5, 0.6) is 0 Å². The van der Waals surface area contributed by atoms with Crippen LogP contribution in [0.2, 0.25) is 0 Å². The first-order chi connectivity index (χ1) is 24.0. The lowest BCUT2D eigenvalue weighted by Crippen LogP contribution is -2.14. The van der Waals surface area contributed by atoms with Gasteiger partial charge in [0.25, 0.3) is 0 Å². The van der Waals surface area contributed by atoms with Crippen LogP contribution in [-0.2, 0) is 5.41 Å². The summed E-state index contributed by atoms with van der Waals surface area (Å²) in [4.78, 5) is 14.9. The second-order valence-electron chi connectivity index (χ2n) is 12.7. The zero-order valence-electron chi connectivity index (χ0n) is 27.9. The summed E-state index contributed by atoms with van der Waals surface area (Å²) in [7, 11) is 0. The Bertz CT molecular complexity index is 2440. The Hall–Kier alpha value is -5.39. The van der Waals surface area contributed by atoms with E-state index in [1.165, 1.54) is 38.5 Å². The number of fused-ring (bicyclic) bond motifs is 6. The quantitative estimate of drug-likeness (QED) is 0.184. The van der Waals surface area contributed by atoms with Gasteiger partial charge in [0.05, 0.1) is 11.0 Å². The standard InChI is InChI=1S/C42H29BrN4.C2H6/c1-42(2)35-19-10-9-18-31(35)32-24-34-33-23-29(43)20-21-37(33)47(38(34)25-36(32)42)30-17-11-16-28(22-30)41-45-39(26-12-5-3-6-13-26)44-40(46-41)27-14-7-4-8-15-27;1-2/h3-25H,1-2H3;1-2H3. The first-order valence-electron chi connectivity index (χ1n) is 16.8. The van der Waals surface area contributed by atoms with Crippen LogP contribution < -0.4 is 0 Å². The molecule has 9 rings (SSSR count). The van der Waals surface area contributed by atoms with Crippen molar-refractivity contribution < 1.29 is 0 Å². The highest BCUT2D eigenvalue weighted by atomic mass is 79.9. The summed E-state index contributed by atoms with van der Waals surface area (Å²) in [5.41, 5.74) is 11.5. The average molecular weight is 700 g/mol. The number of hydrogen-bond donors (Lipinski definition) is 0. The second-order valence-corrected chi connectivity index (χ2v) is 13.6. The number of aromatic nitrogens is 4. The zero-order chi connectivity index (χ0) is 33.7. The predicted octanol–water partition coefficient (Wildman–Crippen LogP) is 12.1. The van der Waals surface area contributed by atoms with Gasteiger partial charge in [0.1, 0.15) is 0 Å². The van der Waals surface area contributed by atoms with Gasteiger partial charge >= 0.3 is 0 Å². The monoisotopic (exact) mass is 698 g/mol. The summed E-state index contributed by atoms with van der Waals surface area (Å²) in [6.07, 6.45) is 0. The molecule has 0 radical (unpaired) electrons. The minimum atomic E-state index is -0.101. The van der Waals surface area contributed by atoms with E-state index in [0.717, 1.165) is 32.4 Å². The minimum absolute atomic E-state index is 0.101. The predicted molar refractivity (Wildman–Crippen MR) is 207 cm³/mol. The Morgan fingerprint density at radius 2 is 1.06 bits per heavy atom. The highest BCUT2D eigenvalue weighted by Gasteiger charge is 2.36. The molecule has 238 valence electrons. The topological polar surface area (TPSA) is 43.6 Å². The highest BCUT2D eigenvalue weighted by Crippen LogP contribution is 2.51. The molecule has 8 aromatic rings. The molecular formula is C44H35BrN4. The molecule has 0 saturated heterocycles. The van der Waals surface area contributed by atoms with Gasteiger partial charge in [0, 0.05) is 43.0 Å². The van der Waals surface area contributed by atoms with Crippen LogP contribution in [0.15, 0.2) is 144 Å². The molecule has 0 fully saturated rings. The molecule has 0 bridgehead atoms. The van der Waals surface area contributed by atoms with Gasteiger partial charge in [-0.05, 0) is 64.7 Å². The lowest BCUT2D eigenvalue weighted by atomic mass is 9.82. The van der Waals surface area contributed by atoms with E-state index in [-0.39, 0.29) is 5.41 Å². The molecule has 0 saturated carbocycles. The summed E-state index contributed by atoms with van der Waals surface area (Å²) >= 11 is 3.75. The van der Waals surface area contributed by atoms with Gasteiger partial charge in [0.15, 0.2) is 17.5 Å². The number of halogens is 1. The maximum atomic E-state index is 5.01. The van der Waals surface area contributed by atoms with Crippen LogP contribution in [0.3, 0.4) is 0 Å². The third-order valence-corrected chi connectivity index (χ3v) is 9.99. The third kappa shape index (κ3) is 5.17. The fourth-order valence-electron chi connectivity index (χ4n) is 7.19. The van der Waals surface area contributed by atoms with E-state index in [1.54, 1.807) is 0 Å². The lowest BCUT2D eigenvalue weighted by Gasteiger charge is -2.21. The SMILES string of the molecule is CC.CC1(C)c2ccccc2-c2cc3c4cc(Br)ccc4n(-c4cccc(-c5nc(-c6ccccc6)nc(-c6ccccc6)n5)c4)c3cc21. The molecule has 1 aliphatic carbocycles. The van der Waals surface area contributed by atoms with Crippen molar-refractivity contribution in [3.05, 3.63) is 155 Å². The van der Waals surface area contributed by atoms with Gasteiger partial charge in [-0.2, -0.15) is 0 Å². The zero-order valence-corrected chi connectivity index (χ0v) is 29.5. The fraction of sp³-hybridized carbons (Fsp3) is 0.114. The Labute approximate surface area is 295 Å². The number of hydrogen-bond acceptors (Lipinski definition) is 3. The maximum absolute atomic E-state index is 5.01. The summed E-state index contributed by atoms with van der Waals surface area (Å²) in [6, 6.07) is 49.0. The average Bonchev–Trinajstić information content (AvgIpc) is 3.59. The van der Waals surface area contributed by atoms with Crippen molar-refractivity contribution >= 4 is 37.7 Å². The van der Waals surface area contributed by atoms with E-state index in [2.05, 4.69) is 113 Å². The Morgan fingerprint density at radius 1 is 0.490 bits per heavy atom. The molecule has 0 N–H and O–H groups in total. The molecule has 0 spiro atoms. The van der Waals surface area contributed by atoms with Crippen LogP contribution in [0, 0.1) is 0 Å². The van der Waals surface area contributed by atoms with E-state index in [1.807, 2.05) is 74.5 Å². The first kappa shape index (κ1) is 30.9. The van der Waals surface area contributed by atoms with Crippen molar-refractivity contribution in [1.82, 2.24) is 19.5 Å². The summed E-state index contributed by atoms with van der Waals surface area (Å²) in [5.74, 6) is 1.94. The summed E-state index contributed by atoms with van der Waals surface area (Å²) in [5, 5.41) is 2.44. The lowest BCUT2D eigenvalue weighted by molar-refractivity contribution is 0.661. The molecule has 4 nitrogen and oxygen atoms in total. The van der Waals surface area contributed by atoms with Crippen LogP contribution in [0.4, 0.5) is 0 Å². The van der Waals surface area contributed by atoms with Gasteiger partial charge in [-0.3, -0.25) is 0 Å². The van der Waals surface area contributed by atoms with Crippen molar-refractivity contribution in [2.24, 2.45) is 0 Å². The van der Waals surface area contributed by atoms with Crippen LogP contribution in [0.25, 0.3) is 72.8 Å². The Balaban J connectivity index is 0.00000171. The molecule has 2 heterocycles. The van der Waals surface area contributed by atoms with Gasteiger partial charge in [-0.1, -0.05) is 141 Å². The number of rotatable bonds is 4. The molecule has 0 aliphatic heterocycles. The largest absolute Gasteiger partial charge is 0.309 e. The minimum Gasteiger partial charge on any atom is -0.309 e. The van der Waals surface area contributed by atoms with Crippen molar-refractivity contribution in [3.63, 3.8) is 0 Å². The van der Waals surface area contributed by atoms with E-state index < -0.39 is 0 Å². The van der Waals surface area contributed by atoms with Crippen molar-refractivity contribution in [3.8, 4) is 51.0 Å². The van der Waals surface area contributed by atoms with Gasteiger partial charge < -0.3 is 4.57 Å². The van der Waals surface area contributed by atoms with Gasteiger partial charge in [-0.25, -0.2) is 15.0 Å². The second kappa shape index (κ2) is 12.2. The number of benzene rings is 6. The van der Waals surface area contributed by atoms with Gasteiger partial charge in [-0.15, -0.1) is 0 Å². The molecule has 49 heavy (non-hydrogen) atoms. The Morgan fingerprint density at radius 3 is 1.73 bits per heavy atom. The molecule has 6 aromatic carbocycles. The van der Waals surface area contributed by atoms with E-state index in [0.29, 0.717) is 17.5 Å². The van der Waals surface area contributed by atoms with Gasteiger partial charge in [0.2, 0.25) is 0 Å². The van der Waals surface area contributed by atoms with Crippen molar-refractivity contribution in [1.29, 1.82) is 0 Å². The summed E-state index contributed by atoms with van der Waals surface area (Å²) in [6.45, 7) is 8.67. The van der Waals surface area contributed by atoms with E-state index in [9.17, 15) is 0 Å². The number of nitrogens with zero attached hydrogens (tertiary/aromatic N) is 4. The maximum Gasteiger partial charge on any atom is 0.164 e. The molecule has 1 aliphatic rings. The van der Waals surface area contributed by atoms with Crippen molar-refractivity contribution in [2.45, 2.75) is 33.1 Å². The smallest absolute Gasteiger partial charge is 0.164 e. The molecule has 0 amide bonds. The third-order valence-electron chi connectivity index (χ3n) is 9.49. The Kier molecular flexibility index (Phi) is 7.73. The van der Waals surface area contributed by atoms with E-state index in [4.69, 9.17) is 15.0 Å².